The predicted octanol–water partition coefficient (Wildman–Crippen LogP) is -0.706. The summed E-state index contributed by atoms with van der Waals surface area (Å²) in [6.45, 7) is 1.57. The number of aliphatic hydroxyl groups is 2. The lowest BCUT2D eigenvalue weighted by molar-refractivity contribution is -0.148. The summed E-state index contributed by atoms with van der Waals surface area (Å²) < 4.78 is 0. The van der Waals surface area contributed by atoms with Crippen LogP contribution >= 0.6 is 0 Å². The third-order valence-corrected chi connectivity index (χ3v) is 1.82. The Morgan fingerprint density at radius 1 is 1.00 bits per heavy atom. The summed E-state index contributed by atoms with van der Waals surface area (Å²) in [6.07, 6.45) is -3.16. The summed E-state index contributed by atoms with van der Waals surface area (Å²) in [7, 11) is 0. The Hall–Kier alpha value is -1.14. The lowest BCUT2D eigenvalue weighted by atomic mass is 9.97. The second-order valence-corrected chi connectivity index (χ2v) is 3.28. The van der Waals surface area contributed by atoms with Crippen molar-refractivity contribution in [2.45, 2.75) is 32.0 Å². The maximum atomic E-state index is 10.2. The molecule has 0 aromatic heterocycles. The lowest BCUT2D eigenvalue weighted by Gasteiger charge is -2.14. The molecule has 82 valence electrons. The summed E-state index contributed by atoms with van der Waals surface area (Å²) in [5, 5.41) is 34.5. The van der Waals surface area contributed by atoms with Crippen molar-refractivity contribution >= 4 is 11.9 Å². The van der Waals surface area contributed by atoms with Crippen molar-refractivity contribution in [3.63, 3.8) is 0 Å². The summed E-state index contributed by atoms with van der Waals surface area (Å²) >= 11 is 0. The van der Waals surface area contributed by atoms with Crippen LogP contribution in [0.5, 0.6) is 0 Å². The molecule has 0 aliphatic carbocycles. The fraction of sp³-hybridized carbons (Fsp3) is 0.750. The van der Waals surface area contributed by atoms with Crippen LogP contribution in [0.3, 0.4) is 0 Å². The topological polar surface area (TPSA) is 115 Å². The average molecular weight is 206 g/mol. The zero-order chi connectivity index (χ0) is 11.3. The van der Waals surface area contributed by atoms with E-state index in [1.54, 1.807) is 6.92 Å². The Bertz CT molecular complexity index is 192. The average Bonchev–Trinajstić information content (AvgIpc) is 2.03. The summed E-state index contributed by atoms with van der Waals surface area (Å²) in [4.78, 5) is 20.5. The normalized spacial score (nSPS) is 17.1. The minimum Gasteiger partial charge on any atom is -0.479 e. The van der Waals surface area contributed by atoms with E-state index in [1.165, 1.54) is 0 Å². The molecule has 0 rings (SSSR count). The molecule has 6 heteroatoms. The molecule has 0 heterocycles. The van der Waals surface area contributed by atoms with Crippen LogP contribution in [0.4, 0.5) is 0 Å². The van der Waals surface area contributed by atoms with Gasteiger partial charge < -0.3 is 20.4 Å². The van der Waals surface area contributed by atoms with E-state index >= 15 is 0 Å². The first kappa shape index (κ1) is 12.9. The Kier molecular flexibility index (Phi) is 5.11. The molecule has 0 spiro atoms. The number of aliphatic carboxylic acids is 2. The van der Waals surface area contributed by atoms with Crippen LogP contribution in [-0.4, -0.2) is 44.6 Å². The Morgan fingerprint density at radius 3 is 1.50 bits per heavy atom. The van der Waals surface area contributed by atoms with Gasteiger partial charge in [-0.3, -0.25) is 0 Å². The van der Waals surface area contributed by atoms with Gasteiger partial charge in [-0.2, -0.15) is 0 Å². The molecule has 0 aromatic carbocycles. The van der Waals surface area contributed by atoms with Crippen LogP contribution in [0.2, 0.25) is 0 Å². The van der Waals surface area contributed by atoms with Gasteiger partial charge in [-0.15, -0.1) is 0 Å². The highest BCUT2D eigenvalue weighted by molar-refractivity contribution is 5.72. The maximum absolute atomic E-state index is 10.2. The summed E-state index contributed by atoms with van der Waals surface area (Å²) in [6, 6.07) is 0. The van der Waals surface area contributed by atoms with Gasteiger partial charge in [0.1, 0.15) is 0 Å². The molecule has 0 bridgehead atoms. The predicted molar refractivity (Wildman–Crippen MR) is 45.7 cm³/mol. The monoisotopic (exact) mass is 206 g/mol. The van der Waals surface area contributed by atoms with Crippen molar-refractivity contribution in [1.82, 2.24) is 0 Å². The van der Waals surface area contributed by atoms with Crippen LogP contribution in [-0.2, 0) is 9.59 Å². The van der Waals surface area contributed by atoms with Gasteiger partial charge in [0.25, 0.3) is 0 Å². The fourth-order valence-corrected chi connectivity index (χ4v) is 1.06. The highest BCUT2D eigenvalue weighted by Gasteiger charge is 2.21. The van der Waals surface area contributed by atoms with Gasteiger partial charge in [-0.25, -0.2) is 9.59 Å². The summed E-state index contributed by atoms with van der Waals surface area (Å²) in [5.41, 5.74) is 0. The summed E-state index contributed by atoms with van der Waals surface area (Å²) in [5.74, 6) is -3.06. The van der Waals surface area contributed by atoms with E-state index in [1.807, 2.05) is 0 Å². The van der Waals surface area contributed by atoms with Crippen molar-refractivity contribution in [3.8, 4) is 0 Å². The van der Waals surface area contributed by atoms with Crippen molar-refractivity contribution in [1.29, 1.82) is 0 Å². The molecule has 2 atom stereocenters. The standard InChI is InChI=1S/C8H14O6/c1-4(2-5(9)7(11)12)3-6(10)8(13)14/h4-6,9-10H,2-3H2,1H3,(H,11,12)(H,13,14). The molecular formula is C8H14O6. The van der Waals surface area contributed by atoms with Gasteiger partial charge >= 0.3 is 11.9 Å². The molecule has 14 heavy (non-hydrogen) atoms. The number of rotatable bonds is 6. The number of carbonyl (C=O) groups is 2. The van der Waals surface area contributed by atoms with Gasteiger partial charge in [0.05, 0.1) is 0 Å². The largest absolute Gasteiger partial charge is 0.479 e. The quantitative estimate of drug-likeness (QED) is 0.456. The van der Waals surface area contributed by atoms with Crippen molar-refractivity contribution in [3.05, 3.63) is 0 Å². The number of aliphatic hydroxyl groups excluding tert-OH is 2. The molecule has 4 N–H and O–H groups in total. The zero-order valence-electron chi connectivity index (χ0n) is 7.75. The van der Waals surface area contributed by atoms with Crippen LogP contribution in [0, 0.1) is 5.92 Å². The first-order valence-electron chi connectivity index (χ1n) is 4.16. The maximum Gasteiger partial charge on any atom is 0.332 e. The molecule has 6 nitrogen and oxygen atoms in total. The lowest BCUT2D eigenvalue weighted by Crippen LogP contribution is -2.26. The van der Waals surface area contributed by atoms with Crippen molar-refractivity contribution in [2.24, 2.45) is 5.92 Å². The Morgan fingerprint density at radius 2 is 1.29 bits per heavy atom. The van der Waals surface area contributed by atoms with E-state index in [2.05, 4.69) is 0 Å². The SMILES string of the molecule is CC(CC(O)C(=O)O)CC(O)C(=O)O. The number of carboxylic acid groups (broad SMARTS) is 2. The fourth-order valence-electron chi connectivity index (χ4n) is 1.06. The highest BCUT2D eigenvalue weighted by atomic mass is 16.4. The smallest absolute Gasteiger partial charge is 0.332 e. The number of hydrogen-bond donors (Lipinski definition) is 4. The molecule has 0 aromatic rings. The highest BCUT2D eigenvalue weighted by Crippen LogP contribution is 2.13. The van der Waals surface area contributed by atoms with E-state index in [0.29, 0.717) is 0 Å². The second-order valence-electron chi connectivity index (χ2n) is 3.28. The molecule has 0 amide bonds. The molecule has 2 unspecified atom stereocenters. The zero-order valence-corrected chi connectivity index (χ0v) is 7.75. The van der Waals surface area contributed by atoms with E-state index in [-0.39, 0.29) is 18.8 Å². The van der Waals surface area contributed by atoms with Crippen LogP contribution < -0.4 is 0 Å². The molecule has 0 aliphatic heterocycles. The van der Waals surface area contributed by atoms with Gasteiger partial charge in [0, 0.05) is 0 Å². The van der Waals surface area contributed by atoms with E-state index in [0.717, 1.165) is 0 Å². The van der Waals surface area contributed by atoms with Crippen LogP contribution in [0.25, 0.3) is 0 Å². The molecule has 0 aliphatic rings. The van der Waals surface area contributed by atoms with Crippen molar-refractivity contribution in [2.75, 3.05) is 0 Å². The third-order valence-electron chi connectivity index (χ3n) is 1.82. The minimum atomic E-state index is -1.51. The Balaban J connectivity index is 3.92. The third kappa shape index (κ3) is 4.78. The van der Waals surface area contributed by atoms with E-state index in [9.17, 15) is 9.59 Å². The molecule has 0 saturated heterocycles. The molecular weight excluding hydrogens is 192 g/mol. The number of carboxylic acids is 2. The van der Waals surface area contributed by atoms with E-state index < -0.39 is 24.1 Å². The van der Waals surface area contributed by atoms with Crippen molar-refractivity contribution < 1.29 is 30.0 Å². The van der Waals surface area contributed by atoms with Gasteiger partial charge in [-0.1, -0.05) is 6.92 Å². The van der Waals surface area contributed by atoms with Gasteiger partial charge in [0.15, 0.2) is 12.2 Å². The molecule has 0 saturated carbocycles. The second kappa shape index (κ2) is 5.56. The molecule has 0 radical (unpaired) electrons. The van der Waals surface area contributed by atoms with E-state index in [4.69, 9.17) is 20.4 Å². The van der Waals surface area contributed by atoms with Gasteiger partial charge in [0.2, 0.25) is 0 Å². The minimum absolute atomic E-state index is 0.0698. The molecule has 0 fully saturated rings. The first-order valence-corrected chi connectivity index (χ1v) is 4.16. The van der Waals surface area contributed by atoms with Crippen LogP contribution in [0.1, 0.15) is 19.8 Å². The first-order chi connectivity index (χ1) is 6.34. The van der Waals surface area contributed by atoms with Gasteiger partial charge in [-0.05, 0) is 18.8 Å². The Labute approximate surface area is 80.8 Å². The number of hydrogen-bond acceptors (Lipinski definition) is 4. The van der Waals surface area contributed by atoms with Crippen LogP contribution in [0.15, 0.2) is 0 Å².